The monoisotopic (exact) mass is 239 g/mol. The van der Waals surface area contributed by atoms with Crippen molar-refractivity contribution in [3.8, 4) is 0 Å². The van der Waals surface area contributed by atoms with E-state index in [1.54, 1.807) is 27.7 Å². The molecule has 0 rings (SSSR count). The highest BCUT2D eigenvalue weighted by Gasteiger charge is 2.44. The molecule has 7 heteroatoms. The third-order valence-electron chi connectivity index (χ3n) is 2.32. The Morgan fingerprint density at radius 2 is 1.87 bits per heavy atom. The van der Waals surface area contributed by atoms with Crippen LogP contribution in [0.4, 0.5) is 0 Å². The SMILES string of the molecule is CCC(/C=N/O)(OS(=O)(=O)O)C(C)(C)C. The number of hydrogen-bond donors (Lipinski definition) is 2. The van der Waals surface area contributed by atoms with E-state index in [0.29, 0.717) is 0 Å². The smallest absolute Gasteiger partial charge is 0.398 e. The quantitative estimate of drug-likeness (QED) is 0.335. The van der Waals surface area contributed by atoms with Gasteiger partial charge in [0.2, 0.25) is 0 Å². The van der Waals surface area contributed by atoms with Crippen molar-refractivity contribution in [1.29, 1.82) is 0 Å². The molecule has 0 saturated heterocycles. The van der Waals surface area contributed by atoms with Crippen LogP contribution in [-0.4, -0.2) is 30.0 Å². The van der Waals surface area contributed by atoms with E-state index in [2.05, 4.69) is 9.34 Å². The lowest BCUT2D eigenvalue weighted by atomic mass is 9.75. The maximum atomic E-state index is 10.7. The Kier molecular flexibility index (Phi) is 4.26. The normalized spacial score (nSPS) is 17.9. The van der Waals surface area contributed by atoms with Crippen molar-refractivity contribution in [3.05, 3.63) is 0 Å². The summed E-state index contributed by atoms with van der Waals surface area (Å²) >= 11 is 0. The first-order chi connectivity index (χ1) is 6.58. The number of oxime groups is 1. The molecule has 0 bridgehead atoms. The maximum Gasteiger partial charge on any atom is 0.398 e. The highest BCUT2D eigenvalue weighted by molar-refractivity contribution is 7.81. The molecule has 0 aromatic rings. The van der Waals surface area contributed by atoms with Gasteiger partial charge >= 0.3 is 10.4 Å². The molecule has 90 valence electrons. The van der Waals surface area contributed by atoms with E-state index in [1.165, 1.54) is 0 Å². The molecule has 1 unspecified atom stereocenters. The van der Waals surface area contributed by atoms with Crippen molar-refractivity contribution < 1.29 is 22.4 Å². The molecule has 0 amide bonds. The van der Waals surface area contributed by atoms with Gasteiger partial charge in [-0.25, -0.2) is 4.18 Å². The average Bonchev–Trinajstić information content (AvgIpc) is 1.98. The van der Waals surface area contributed by atoms with Crippen LogP contribution in [0, 0.1) is 5.41 Å². The van der Waals surface area contributed by atoms with Crippen LogP contribution < -0.4 is 0 Å². The molecule has 0 heterocycles. The van der Waals surface area contributed by atoms with Gasteiger partial charge in [-0.1, -0.05) is 32.9 Å². The first kappa shape index (κ1) is 14.3. The molecule has 0 fully saturated rings. The Hall–Kier alpha value is -0.660. The second-order valence-electron chi connectivity index (χ2n) is 4.25. The van der Waals surface area contributed by atoms with E-state index in [0.717, 1.165) is 6.21 Å². The fraction of sp³-hybridized carbons (Fsp3) is 0.875. The van der Waals surface area contributed by atoms with Crippen LogP contribution in [0.1, 0.15) is 34.1 Å². The molecular formula is C8H17NO5S. The van der Waals surface area contributed by atoms with Crippen molar-refractivity contribution in [1.82, 2.24) is 0 Å². The standard InChI is InChI=1S/C8H17NO5S/c1-5-8(6-9-10,7(2,3)4)14-15(11,12)13/h6,10H,5H2,1-4H3,(H,11,12,13)/b9-6+. The third kappa shape index (κ3) is 3.77. The van der Waals surface area contributed by atoms with Crippen molar-refractivity contribution in [2.24, 2.45) is 10.6 Å². The highest BCUT2D eigenvalue weighted by Crippen LogP contribution is 2.36. The molecule has 0 spiro atoms. The number of hydrogen-bond acceptors (Lipinski definition) is 5. The zero-order valence-corrected chi connectivity index (χ0v) is 10.1. The minimum Gasteiger partial charge on any atom is -0.411 e. The van der Waals surface area contributed by atoms with E-state index < -0.39 is 21.4 Å². The van der Waals surface area contributed by atoms with E-state index in [1.807, 2.05) is 0 Å². The first-order valence-electron chi connectivity index (χ1n) is 4.44. The summed E-state index contributed by atoms with van der Waals surface area (Å²) in [6, 6.07) is 0. The lowest BCUT2D eigenvalue weighted by molar-refractivity contribution is 0.0244. The summed E-state index contributed by atoms with van der Waals surface area (Å²) in [4.78, 5) is 0. The molecule has 0 aliphatic carbocycles. The predicted octanol–water partition coefficient (Wildman–Crippen LogP) is 1.46. The molecule has 0 aliphatic heterocycles. The summed E-state index contributed by atoms with van der Waals surface area (Å²) in [6.45, 7) is 6.80. The van der Waals surface area contributed by atoms with Gasteiger partial charge in [-0.05, 0) is 11.8 Å². The van der Waals surface area contributed by atoms with E-state index in [4.69, 9.17) is 9.76 Å². The Bertz CT molecular complexity index is 329. The van der Waals surface area contributed by atoms with Gasteiger partial charge in [-0.15, -0.1) is 0 Å². The summed E-state index contributed by atoms with van der Waals surface area (Å²) in [5.41, 5.74) is -2.01. The van der Waals surface area contributed by atoms with Gasteiger partial charge in [-0.2, -0.15) is 8.42 Å². The summed E-state index contributed by atoms with van der Waals surface area (Å²) in [5.74, 6) is 0. The Morgan fingerprint density at radius 1 is 1.40 bits per heavy atom. The molecule has 2 N–H and O–H groups in total. The van der Waals surface area contributed by atoms with Crippen LogP contribution in [0.3, 0.4) is 0 Å². The molecule has 0 aromatic carbocycles. The van der Waals surface area contributed by atoms with Gasteiger partial charge < -0.3 is 5.21 Å². The van der Waals surface area contributed by atoms with Gasteiger partial charge in [0, 0.05) is 0 Å². The fourth-order valence-corrected chi connectivity index (χ4v) is 2.09. The summed E-state index contributed by atoms with van der Waals surface area (Å²) in [5, 5.41) is 11.3. The highest BCUT2D eigenvalue weighted by atomic mass is 32.3. The second kappa shape index (κ2) is 4.46. The number of rotatable bonds is 4. The molecular weight excluding hydrogens is 222 g/mol. The number of nitrogens with zero attached hydrogens (tertiary/aromatic N) is 1. The topological polar surface area (TPSA) is 96.2 Å². The molecule has 0 aliphatic rings. The minimum atomic E-state index is -4.60. The molecule has 0 saturated carbocycles. The zero-order chi connectivity index (χ0) is 12.3. The average molecular weight is 239 g/mol. The molecule has 1 atom stereocenters. The lowest BCUT2D eigenvalue weighted by Gasteiger charge is -2.38. The predicted molar refractivity (Wildman–Crippen MR) is 55.4 cm³/mol. The summed E-state index contributed by atoms with van der Waals surface area (Å²) in [7, 11) is -4.60. The van der Waals surface area contributed by atoms with Gasteiger partial charge in [0.1, 0.15) is 5.60 Å². The molecule has 6 nitrogen and oxygen atoms in total. The first-order valence-corrected chi connectivity index (χ1v) is 5.81. The Morgan fingerprint density at radius 3 is 2.07 bits per heavy atom. The van der Waals surface area contributed by atoms with E-state index in [-0.39, 0.29) is 6.42 Å². The fourth-order valence-electron chi connectivity index (χ4n) is 1.30. The van der Waals surface area contributed by atoms with E-state index >= 15 is 0 Å². The van der Waals surface area contributed by atoms with Crippen LogP contribution in [0.2, 0.25) is 0 Å². The lowest BCUT2D eigenvalue weighted by Crippen LogP contribution is -2.48. The van der Waals surface area contributed by atoms with Crippen molar-refractivity contribution >= 4 is 16.6 Å². The van der Waals surface area contributed by atoms with E-state index in [9.17, 15) is 8.42 Å². The molecule has 0 aromatic heterocycles. The Labute approximate surface area is 89.9 Å². The van der Waals surface area contributed by atoms with Gasteiger partial charge in [0.05, 0.1) is 6.21 Å². The van der Waals surface area contributed by atoms with Crippen molar-refractivity contribution in [2.75, 3.05) is 0 Å². The third-order valence-corrected chi connectivity index (χ3v) is 2.82. The van der Waals surface area contributed by atoms with Crippen LogP contribution in [0.25, 0.3) is 0 Å². The minimum absolute atomic E-state index is 0.236. The van der Waals surface area contributed by atoms with Gasteiger partial charge in [0.25, 0.3) is 0 Å². The summed E-state index contributed by atoms with van der Waals surface area (Å²) in [6.07, 6.45) is 1.21. The maximum absolute atomic E-state index is 10.7. The van der Waals surface area contributed by atoms with Gasteiger partial charge in [0.15, 0.2) is 0 Å². The van der Waals surface area contributed by atoms with Gasteiger partial charge in [-0.3, -0.25) is 4.55 Å². The summed E-state index contributed by atoms with van der Waals surface area (Å²) < 4.78 is 34.7. The molecule has 15 heavy (non-hydrogen) atoms. The Balaban J connectivity index is 5.37. The molecule has 0 radical (unpaired) electrons. The van der Waals surface area contributed by atoms with Crippen LogP contribution >= 0.6 is 0 Å². The van der Waals surface area contributed by atoms with Crippen LogP contribution in [-0.2, 0) is 14.6 Å². The van der Waals surface area contributed by atoms with Crippen LogP contribution in [0.5, 0.6) is 0 Å². The zero-order valence-electron chi connectivity index (χ0n) is 9.26. The van der Waals surface area contributed by atoms with Crippen LogP contribution in [0.15, 0.2) is 5.16 Å². The second-order valence-corrected chi connectivity index (χ2v) is 5.27. The largest absolute Gasteiger partial charge is 0.411 e. The van der Waals surface area contributed by atoms with Crippen molar-refractivity contribution in [2.45, 2.75) is 39.7 Å². The van der Waals surface area contributed by atoms with Crippen molar-refractivity contribution in [3.63, 3.8) is 0 Å².